The smallest absolute Gasteiger partial charge is 0.180 e. The molecule has 288 valence electrons. The number of furan rings is 2. The number of benzene rings is 10. The van der Waals surface area contributed by atoms with E-state index in [1.807, 2.05) is 24.3 Å². The van der Waals surface area contributed by atoms with Crippen LogP contribution in [-0.4, -0.2) is 9.97 Å². The molecule has 3 aromatic heterocycles. The van der Waals surface area contributed by atoms with Crippen LogP contribution in [0.3, 0.4) is 0 Å². The zero-order valence-corrected chi connectivity index (χ0v) is 33.3. The monoisotopic (exact) mass is 790 g/mol. The van der Waals surface area contributed by atoms with Gasteiger partial charge in [0.25, 0.3) is 0 Å². The Kier molecular flexibility index (Phi) is 7.57. The Morgan fingerprint density at radius 3 is 1.56 bits per heavy atom. The second-order valence-corrected chi connectivity index (χ2v) is 16.0. The fourth-order valence-corrected chi connectivity index (χ4v) is 9.51. The molecular formula is C58H34N2O2. The highest BCUT2D eigenvalue weighted by Crippen LogP contribution is 2.43. The first-order valence-corrected chi connectivity index (χ1v) is 21.0. The summed E-state index contributed by atoms with van der Waals surface area (Å²) in [5.41, 5.74) is 13.3. The number of hydrogen-bond donors (Lipinski definition) is 0. The molecule has 0 aliphatic heterocycles. The van der Waals surface area contributed by atoms with Crippen molar-refractivity contribution in [2.75, 3.05) is 0 Å². The van der Waals surface area contributed by atoms with Crippen LogP contribution in [0, 0.1) is 0 Å². The Hall–Kier alpha value is -8.34. The lowest BCUT2D eigenvalue weighted by Crippen LogP contribution is -1.93. The van der Waals surface area contributed by atoms with Crippen LogP contribution in [0.25, 0.3) is 132 Å². The molecule has 0 saturated heterocycles. The van der Waals surface area contributed by atoms with E-state index in [4.69, 9.17) is 18.8 Å². The van der Waals surface area contributed by atoms with Crippen molar-refractivity contribution in [2.24, 2.45) is 0 Å². The first kappa shape index (κ1) is 34.5. The minimum atomic E-state index is 0.658. The van der Waals surface area contributed by atoms with Crippen molar-refractivity contribution in [1.29, 1.82) is 0 Å². The van der Waals surface area contributed by atoms with E-state index in [2.05, 4.69) is 182 Å². The van der Waals surface area contributed by atoms with Crippen molar-refractivity contribution in [3.8, 4) is 56.0 Å². The Labute approximate surface area is 356 Å². The average Bonchev–Trinajstić information content (AvgIpc) is 3.92. The van der Waals surface area contributed by atoms with Crippen LogP contribution >= 0.6 is 0 Å². The largest absolute Gasteiger partial charge is 0.456 e. The summed E-state index contributed by atoms with van der Waals surface area (Å²) in [4.78, 5) is 10.3. The van der Waals surface area contributed by atoms with Gasteiger partial charge in [-0.1, -0.05) is 170 Å². The third-order valence-corrected chi connectivity index (χ3v) is 12.5. The van der Waals surface area contributed by atoms with Crippen LogP contribution in [0.2, 0.25) is 0 Å². The van der Waals surface area contributed by atoms with Gasteiger partial charge in [-0.15, -0.1) is 0 Å². The number of nitrogens with zero attached hydrogens (tertiary/aromatic N) is 2. The fourth-order valence-electron chi connectivity index (χ4n) is 9.51. The van der Waals surface area contributed by atoms with Gasteiger partial charge in [0.15, 0.2) is 11.4 Å². The summed E-state index contributed by atoms with van der Waals surface area (Å²) in [6.45, 7) is 0. The summed E-state index contributed by atoms with van der Waals surface area (Å²) < 4.78 is 13.3. The Balaban J connectivity index is 0.957. The van der Waals surface area contributed by atoms with Gasteiger partial charge >= 0.3 is 0 Å². The van der Waals surface area contributed by atoms with Crippen molar-refractivity contribution in [1.82, 2.24) is 9.97 Å². The van der Waals surface area contributed by atoms with Gasteiger partial charge in [0.05, 0.1) is 0 Å². The molecule has 0 radical (unpaired) electrons. The van der Waals surface area contributed by atoms with E-state index < -0.39 is 0 Å². The topological polar surface area (TPSA) is 52.1 Å². The molecule has 10 aromatic carbocycles. The summed E-state index contributed by atoms with van der Waals surface area (Å²) in [7, 11) is 0. The molecule has 0 N–H and O–H groups in total. The highest BCUT2D eigenvalue weighted by atomic mass is 16.3. The molecule has 62 heavy (non-hydrogen) atoms. The summed E-state index contributed by atoms with van der Waals surface area (Å²) in [6, 6.07) is 72.8. The molecule has 0 fully saturated rings. The molecule has 3 heterocycles. The second-order valence-electron chi connectivity index (χ2n) is 16.0. The number of aromatic nitrogens is 2. The molecule has 0 unspecified atom stereocenters. The zero-order chi connectivity index (χ0) is 40.7. The molecule has 4 nitrogen and oxygen atoms in total. The zero-order valence-electron chi connectivity index (χ0n) is 33.3. The van der Waals surface area contributed by atoms with Gasteiger partial charge in [-0.25, -0.2) is 9.97 Å². The van der Waals surface area contributed by atoms with Crippen molar-refractivity contribution >= 4 is 76.3 Å². The molecule has 0 aliphatic rings. The van der Waals surface area contributed by atoms with Gasteiger partial charge in [-0.3, -0.25) is 0 Å². The normalized spacial score (nSPS) is 11.9. The Morgan fingerprint density at radius 1 is 0.290 bits per heavy atom. The van der Waals surface area contributed by atoms with Crippen molar-refractivity contribution < 1.29 is 8.83 Å². The Morgan fingerprint density at radius 2 is 0.839 bits per heavy atom. The van der Waals surface area contributed by atoms with E-state index in [1.165, 1.54) is 37.9 Å². The molecule has 0 aliphatic carbocycles. The van der Waals surface area contributed by atoms with Gasteiger partial charge in [0.2, 0.25) is 0 Å². The second kappa shape index (κ2) is 13.6. The number of rotatable bonds is 5. The summed E-state index contributed by atoms with van der Waals surface area (Å²) in [6.07, 6.45) is 0. The summed E-state index contributed by atoms with van der Waals surface area (Å²) in [5, 5.41) is 10.7. The predicted octanol–water partition coefficient (Wildman–Crippen LogP) is 16.1. The maximum atomic E-state index is 6.81. The summed E-state index contributed by atoms with van der Waals surface area (Å²) in [5.74, 6) is 0.658. The number of hydrogen-bond acceptors (Lipinski definition) is 4. The van der Waals surface area contributed by atoms with Crippen LogP contribution < -0.4 is 0 Å². The van der Waals surface area contributed by atoms with Crippen molar-refractivity contribution in [3.05, 3.63) is 206 Å². The average molecular weight is 791 g/mol. The SMILES string of the molecule is c1ccc(-c2ccc(-c3nc(-c4ccccc4)nc4c3oc3cc(-c5cccc6oc7ccc(-c8ccc9c%10ccccc%10c%10ccccc%10c9c8)cc7c56)ccc34)cc2)cc1. The standard InChI is InChI=1S/C58H34N2O2/c1-3-12-35(13-4-1)36-22-24-37(25-23-36)55-57-56(60-58(59-55)38-14-5-2-6-15-38)48-30-27-41(34-53(48)62-57)42-20-11-21-52-54(42)50-33-40(28-31-51(50)61-52)39-26-29-47-45-18-8-7-16-43(45)44-17-9-10-19-46(44)49(47)32-39/h1-34H. The molecule has 0 atom stereocenters. The molecule has 13 rings (SSSR count). The fraction of sp³-hybridized carbons (Fsp3) is 0. The van der Waals surface area contributed by atoms with Crippen LogP contribution in [0.1, 0.15) is 0 Å². The van der Waals surface area contributed by atoms with Gasteiger partial charge in [0, 0.05) is 27.3 Å². The van der Waals surface area contributed by atoms with E-state index in [-0.39, 0.29) is 0 Å². The molecule has 0 amide bonds. The molecular weight excluding hydrogens is 757 g/mol. The number of fused-ring (bicyclic) bond motifs is 12. The third-order valence-electron chi connectivity index (χ3n) is 12.5. The van der Waals surface area contributed by atoms with Gasteiger partial charge in [-0.05, 0) is 102 Å². The minimum absolute atomic E-state index is 0.658. The Bertz CT molecular complexity index is 3870. The lowest BCUT2D eigenvalue weighted by atomic mass is 9.91. The van der Waals surface area contributed by atoms with E-state index >= 15 is 0 Å². The van der Waals surface area contributed by atoms with E-state index in [1.54, 1.807) is 0 Å². The molecule has 0 saturated carbocycles. The van der Waals surface area contributed by atoms with Crippen LogP contribution in [0.15, 0.2) is 215 Å². The molecule has 0 spiro atoms. The van der Waals surface area contributed by atoms with Crippen molar-refractivity contribution in [3.63, 3.8) is 0 Å². The molecule has 13 aromatic rings. The first-order chi connectivity index (χ1) is 30.7. The van der Waals surface area contributed by atoms with E-state index in [0.717, 1.165) is 83.1 Å². The van der Waals surface area contributed by atoms with Crippen LogP contribution in [-0.2, 0) is 0 Å². The highest BCUT2D eigenvalue weighted by Gasteiger charge is 2.21. The summed E-state index contributed by atoms with van der Waals surface area (Å²) >= 11 is 0. The maximum Gasteiger partial charge on any atom is 0.180 e. The van der Waals surface area contributed by atoms with Gasteiger partial charge < -0.3 is 8.83 Å². The predicted molar refractivity (Wildman–Crippen MR) is 256 cm³/mol. The highest BCUT2D eigenvalue weighted by molar-refractivity contribution is 6.26. The lowest BCUT2D eigenvalue weighted by Gasteiger charge is -2.12. The quantitative estimate of drug-likeness (QED) is 0.163. The molecule has 0 bridgehead atoms. The molecule has 4 heteroatoms. The minimum Gasteiger partial charge on any atom is -0.456 e. The van der Waals surface area contributed by atoms with Crippen molar-refractivity contribution in [2.45, 2.75) is 0 Å². The van der Waals surface area contributed by atoms with E-state index in [9.17, 15) is 0 Å². The maximum absolute atomic E-state index is 6.81. The third kappa shape index (κ3) is 5.40. The van der Waals surface area contributed by atoms with Gasteiger partial charge in [0.1, 0.15) is 28.0 Å². The van der Waals surface area contributed by atoms with Gasteiger partial charge in [-0.2, -0.15) is 0 Å². The first-order valence-electron chi connectivity index (χ1n) is 21.0. The van der Waals surface area contributed by atoms with E-state index in [0.29, 0.717) is 11.4 Å². The van der Waals surface area contributed by atoms with Crippen LogP contribution in [0.4, 0.5) is 0 Å². The van der Waals surface area contributed by atoms with Crippen LogP contribution in [0.5, 0.6) is 0 Å². The lowest BCUT2D eigenvalue weighted by molar-refractivity contribution is 0.667.